The van der Waals surface area contributed by atoms with E-state index in [0.29, 0.717) is 38.0 Å². The number of nitrogens with zero attached hydrogens (tertiary/aromatic N) is 2. The minimum absolute atomic E-state index is 0.0173. The number of furan rings is 1. The summed E-state index contributed by atoms with van der Waals surface area (Å²) in [4.78, 5) is 29.6. The van der Waals surface area contributed by atoms with Crippen molar-refractivity contribution in [3.63, 3.8) is 0 Å². The SMILES string of the molecule is COc1ccc(NC(=O)c2sc3nc(-c4ccc(Cl)cc4)cc(-c4ccco4)c3c2N)c([N+](=O)[O-])c1. The number of nitrogen functional groups attached to an aromatic ring is 1. The fourth-order valence-electron chi connectivity index (χ4n) is 3.76. The van der Waals surface area contributed by atoms with Gasteiger partial charge in [-0.3, -0.25) is 14.9 Å². The number of benzene rings is 2. The van der Waals surface area contributed by atoms with Crippen LogP contribution in [0.15, 0.2) is 71.3 Å². The van der Waals surface area contributed by atoms with Gasteiger partial charge in [0.05, 0.1) is 35.7 Å². The van der Waals surface area contributed by atoms with Gasteiger partial charge in [0.1, 0.15) is 26.9 Å². The molecule has 3 aromatic heterocycles. The molecule has 36 heavy (non-hydrogen) atoms. The minimum atomic E-state index is -0.596. The third-order valence-electron chi connectivity index (χ3n) is 5.48. The molecule has 9 nitrogen and oxygen atoms in total. The number of methoxy groups -OCH3 is 1. The van der Waals surface area contributed by atoms with E-state index < -0.39 is 10.8 Å². The van der Waals surface area contributed by atoms with Crippen molar-refractivity contribution in [2.45, 2.75) is 0 Å². The van der Waals surface area contributed by atoms with Crippen LogP contribution in [-0.4, -0.2) is 22.9 Å². The van der Waals surface area contributed by atoms with Gasteiger partial charge in [-0.1, -0.05) is 23.7 Å². The summed E-state index contributed by atoms with van der Waals surface area (Å²) in [6.07, 6.45) is 1.54. The molecule has 0 saturated heterocycles. The van der Waals surface area contributed by atoms with Crippen LogP contribution in [0, 0.1) is 10.1 Å². The van der Waals surface area contributed by atoms with Gasteiger partial charge in [0, 0.05) is 21.5 Å². The number of aromatic nitrogens is 1. The summed E-state index contributed by atoms with van der Waals surface area (Å²) in [6.45, 7) is 0. The lowest BCUT2D eigenvalue weighted by atomic mass is 10.0. The number of hydrogen-bond acceptors (Lipinski definition) is 8. The van der Waals surface area contributed by atoms with Gasteiger partial charge in [-0.2, -0.15) is 0 Å². The average Bonchev–Trinajstić information content (AvgIpc) is 3.52. The van der Waals surface area contributed by atoms with Crippen molar-refractivity contribution in [3.8, 4) is 28.3 Å². The molecule has 0 unspecified atom stereocenters. The van der Waals surface area contributed by atoms with Crippen LogP contribution in [-0.2, 0) is 0 Å². The minimum Gasteiger partial charge on any atom is -0.496 e. The fraction of sp³-hybridized carbons (Fsp3) is 0.0400. The Morgan fingerprint density at radius 3 is 2.64 bits per heavy atom. The molecule has 5 aromatic rings. The number of thiophene rings is 1. The average molecular weight is 521 g/mol. The Morgan fingerprint density at radius 2 is 1.97 bits per heavy atom. The zero-order valence-corrected chi connectivity index (χ0v) is 20.2. The van der Waals surface area contributed by atoms with Gasteiger partial charge in [0.25, 0.3) is 11.6 Å². The van der Waals surface area contributed by atoms with E-state index in [1.165, 1.54) is 25.3 Å². The quantitative estimate of drug-likeness (QED) is 0.189. The molecule has 11 heteroatoms. The van der Waals surface area contributed by atoms with Crippen molar-refractivity contribution >= 4 is 56.1 Å². The Kier molecular flexibility index (Phi) is 6.05. The van der Waals surface area contributed by atoms with Gasteiger partial charge in [-0.05, 0) is 42.5 Å². The summed E-state index contributed by atoms with van der Waals surface area (Å²) in [6, 6.07) is 16.8. The number of rotatable bonds is 6. The Labute approximate surface area is 213 Å². The number of nitrogens with two attached hydrogens (primary N) is 1. The van der Waals surface area contributed by atoms with Gasteiger partial charge >= 0.3 is 0 Å². The molecule has 0 fully saturated rings. The fourth-order valence-corrected chi connectivity index (χ4v) is 4.90. The van der Waals surface area contributed by atoms with Crippen LogP contribution in [0.1, 0.15) is 9.67 Å². The summed E-state index contributed by atoms with van der Waals surface area (Å²) in [7, 11) is 1.40. The predicted molar refractivity (Wildman–Crippen MR) is 140 cm³/mol. The Bertz CT molecular complexity index is 1610. The number of fused-ring (bicyclic) bond motifs is 1. The van der Waals surface area contributed by atoms with E-state index in [-0.39, 0.29) is 21.9 Å². The summed E-state index contributed by atoms with van der Waals surface area (Å²) in [5.41, 5.74) is 8.49. The number of carbonyl (C=O) groups is 1. The highest BCUT2D eigenvalue weighted by Gasteiger charge is 2.25. The van der Waals surface area contributed by atoms with Crippen LogP contribution >= 0.6 is 22.9 Å². The predicted octanol–water partition coefficient (Wildman–Crippen LogP) is 6.63. The van der Waals surface area contributed by atoms with Crippen molar-refractivity contribution < 1.29 is 18.9 Å². The topological polar surface area (TPSA) is 134 Å². The molecule has 2 aromatic carbocycles. The number of nitro groups is 1. The lowest BCUT2D eigenvalue weighted by Crippen LogP contribution is -2.13. The first-order valence-corrected chi connectivity index (χ1v) is 11.7. The van der Waals surface area contributed by atoms with Crippen LogP contribution in [0.3, 0.4) is 0 Å². The molecule has 0 aliphatic rings. The first-order chi connectivity index (χ1) is 17.4. The lowest BCUT2D eigenvalue weighted by molar-refractivity contribution is -0.384. The molecule has 0 bridgehead atoms. The first kappa shape index (κ1) is 23.3. The maximum Gasteiger partial charge on any atom is 0.296 e. The van der Waals surface area contributed by atoms with Crippen LogP contribution in [0.2, 0.25) is 5.02 Å². The largest absolute Gasteiger partial charge is 0.496 e. The van der Waals surface area contributed by atoms with E-state index in [9.17, 15) is 14.9 Å². The molecule has 0 aliphatic heterocycles. The molecule has 0 spiro atoms. The van der Waals surface area contributed by atoms with E-state index in [2.05, 4.69) is 5.32 Å². The molecule has 3 N–H and O–H groups in total. The third-order valence-corrected chi connectivity index (χ3v) is 6.83. The van der Waals surface area contributed by atoms with Crippen molar-refractivity contribution in [2.75, 3.05) is 18.2 Å². The van der Waals surface area contributed by atoms with Crippen LogP contribution in [0.4, 0.5) is 17.1 Å². The van der Waals surface area contributed by atoms with Gasteiger partial charge in [0.15, 0.2) is 0 Å². The van der Waals surface area contributed by atoms with Gasteiger partial charge < -0.3 is 20.2 Å². The van der Waals surface area contributed by atoms with Crippen molar-refractivity contribution in [3.05, 3.63) is 86.9 Å². The van der Waals surface area contributed by atoms with Crippen molar-refractivity contribution in [1.29, 1.82) is 0 Å². The van der Waals surface area contributed by atoms with Gasteiger partial charge in [-0.15, -0.1) is 11.3 Å². The van der Waals surface area contributed by atoms with Gasteiger partial charge in [-0.25, -0.2) is 4.98 Å². The summed E-state index contributed by atoms with van der Waals surface area (Å²) in [5, 5.41) is 15.3. The number of pyridine rings is 1. The molecule has 0 atom stereocenters. The van der Waals surface area contributed by atoms with E-state index in [0.717, 1.165) is 16.9 Å². The highest BCUT2D eigenvalue weighted by atomic mass is 35.5. The zero-order chi connectivity index (χ0) is 25.4. The zero-order valence-electron chi connectivity index (χ0n) is 18.7. The lowest BCUT2D eigenvalue weighted by Gasteiger charge is -2.08. The van der Waals surface area contributed by atoms with Crippen LogP contribution in [0.5, 0.6) is 5.75 Å². The van der Waals surface area contributed by atoms with Crippen LogP contribution < -0.4 is 15.8 Å². The van der Waals surface area contributed by atoms with Crippen LogP contribution in [0.25, 0.3) is 32.8 Å². The number of halogens is 1. The number of nitro benzene ring substituents is 1. The second kappa shape index (κ2) is 9.33. The first-order valence-electron chi connectivity index (χ1n) is 10.5. The van der Waals surface area contributed by atoms with Gasteiger partial charge in [0.2, 0.25) is 0 Å². The Balaban J connectivity index is 1.62. The molecular weight excluding hydrogens is 504 g/mol. The normalized spacial score (nSPS) is 10.9. The highest BCUT2D eigenvalue weighted by molar-refractivity contribution is 7.21. The number of nitrogens with one attached hydrogen (secondary N) is 1. The highest BCUT2D eigenvalue weighted by Crippen LogP contribution is 2.42. The standard InChI is InChI=1S/C25H17ClN4O5S/c1-34-15-8-9-17(19(11-15)30(32)33)28-24(31)23-22(27)21-16(20-3-2-10-35-20)12-18(29-25(21)36-23)13-4-6-14(26)7-5-13/h2-12H,27H2,1H3,(H,28,31). The smallest absolute Gasteiger partial charge is 0.296 e. The Hall–Kier alpha value is -4.41. The number of anilines is 2. The second-order valence-corrected chi connectivity index (χ2v) is 9.09. The molecule has 5 rings (SSSR count). The Morgan fingerprint density at radius 1 is 1.19 bits per heavy atom. The molecule has 0 saturated carbocycles. The van der Waals surface area contributed by atoms with E-state index >= 15 is 0 Å². The number of amides is 1. The summed E-state index contributed by atoms with van der Waals surface area (Å²) in [5.74, 6) is 0.255. The number of carbonyl (C=O) groups excluding carboxylic acids is 1. The molecule has 3 heterocycles. The summed E-state index contributed by atoms with van der Waals surface area (Å²) >= 11 is 7.12. The van der Waals surface area contributed by atoms with E-state index in [4.69, 9.17) is 31.5 Å². The molecule has 1 amide bonds. The molecule has 180 valence electrons. The monoisotopic (exact) mass is 520 g/mol. The molecule has 0 radical (unpaired) electrons. The number of hydrogen-bond donors (Lipinski definition) is 2. The number of ether oxygens (including phenoxy) is 1. The maximum atomic E-state index is 13.2. The third kappa shape index (κ3) is 4.23. The molecule has 0 aliphatic carbocycles. The maximum absolute atomic E-state index is 13.2. The van der Waals surface area contributed by atoms with Crippen molar-refractivity contribution in [2.24, 2.45) is 0 Å². The second-order valence-electron chi connectivity index (χ2n) is 7.66. The summed E-state index contributed by atoms with van der Waals surface area (Å²) < 4.78 is 10.7. The molecular formula is C25H17ClN4O5S. The van der Waals surface area contributed by atoms with Crippen molar-refractivity contribution in [1.82, 2.24) is 4.98 Å². The van der Waals surface area contributed by atoms with E-state index in [1.807, 2.05) is 18.2 Å². The van der Waals surface area contributed by atoms with E-state index in [1.54, 1.807) is 30.5 Å².